The molecule has 0 saturated heterocycles. The molecule has 2 aromatic carbocycles. The van der Waals surface area contributed by atoms with E-state index in [1.165, 1.54) is 10.5 Å². The molecule has 1 atom stereocenters. The molecule has 0 amide bonds. The highest BCUT2D eigenvalue weighted by atomic mass is 79.9. The van der Waals surface area contributed by atoms with Crippen LogP contribution in [0.2, 0.25) is 0 Å². The van der Waals surface area contributed by atoms with Gasteiger partial charge in [0.1, 0.15) is 12.0 Å². The minimum atomic E-state index is 0. The fraction of sp³-hybridized carbons (Fsp3) is 0.143. The number of hydrogen-bond donors (Lipinski definition) is 0. The van der Waals surface area contributed by atoms with Crippen LogP contribution in [0.3, 0.4) is 0 Å². The molecule has 0 aliphatic rings. The van der Waals surface area contributed by atoms with Crippen LogP contribution in [0.1, 0.15) is 5.56 Å². The largest absolute Gasteiger partial charge is 1.00 e. The summed E-state index contributed by atoms with van der Waals surface area (Å²) in [4.78, 5) is 1.45. The summed E-state index contributed by atoms with van der Waals surface area (Å²) in [6.07, 6.45) is 2.31. The fourth-order valence-electron chi connectivity index (χ4n) is 1.56. The van der Waals surface area contributed by atoms with E-state index in [2.05, 4.69) is 66.9 Å². The zero-order valence-corrected chi connectivity index (χ0v) is 11.7. The normalized spacial score (nSPS) is 11.6. The third-order valence-corrected chi connectivity index (χ3v) is 4.21. The van der Waals surface area contributed by atoms with Crippen LogP contribution in [0.15, 0.2) is 65.6 Å². The first-order valence-corrected chi connectivity index (χ1v) is 6.88. The number of benzene rings is 2. The summed E-state index contributed by atoms with van der Waals surface area (Å²) in [5.41, 5.74) is 1.42. The summed E-state index contributed by atoms with van der Waals surface area (Å²) in [6, 6.07) is 21.4. The van der Waals surface area contributed by atoms with Crippen LogP contribution in [0, 0.1) is 0 Å². The van der Waals surface area contributed by atoms with Gasteiger partial charge in [0.05, 0.1) is 0 Å². The van der Waals surface area contributed by atoms with Crippen molar-refractivity contribution >= 4 is 10.9 Å². The Balaban J connectivity index is 0.00000128. The third kappa shape index (κ3) is 3.69. The molecule has 1 unspecified atom stereocenters. The molecule has 0 bridgehead atoms. The van der Waals surface area contributed by atoms with Gasteiger partial charge < -0.3 is 17.0 Å². The van der Waals surface area contributed by atoms with E-state index in [-0.39, 0.29) is 17.0 Å². The van der Waals surface area contributed by atoms with E-state index < -0.39 is 0 Å². The van der Waals surface area contributed by atoms with Gasteiger partial charge in [-0.05, 0) is 12.1 Å². The van der Waals surface area contributed by atoms with Crippen molar-refractivity contribution in [2.24, 2.45) is 0 Å². The summed E-state index contributed by atoms with van der Waals surface area (Å²) < 4.78 is 0. The van der Waals surface area contributed by atoms with Gasteiger partial charge in [-0.15, -0.1) is 0 Å². The second-order valence-electron chi connectivity index (χ2n) is 3.58. The first-order valence-electron chi connectivity index (χ1n) is 5.08. The van der Waals surface area contributed by atoms with Gasteiger partial charge in [-0.3, -0.25) is 0 Å². The van der Waals surface area contributed by atoms with Gasteiger partial charge in [0.15, 0.2) is 4.90 Å². The lowest BCUT2D eigenvalue weighted by atomic mass is 10.2. The molecular weight excluding hydrogens is 280 g/mol. The number of halogens is 1. The van der Waals surface area contributed by atoms with Crippen LogP contribution in [0.5, 0.6) is 0 Å². The predicted molar refractivity (Wildman–Crippen MR) is 68.1 cm³/mol. The first kappa shape index (κ1) is 13.3. The van der Waals surface area contributed by atoms with Crippen molar-refractivity contribution in [3.8, 4) is 0 Å². The highest BCUT2D eigenvalue weighted by Crippen LogP contribution is 2.15. The van der Waals surface area contributed by atoms with Crippen molar-refractivity contribution in [3.63, 3.8) is 0 Å². The van der Waals surface area contributed by atoms with E-state index in [1.807, 2.05) is 0 Å². The Morgan fingerprint density at radius 2 is 1.31 bits per heavy atom. The van der Waals surface area contributed by atoms with E-state index in [0.29, 0.717) is 10.9 Å². The molecule has 0 radical (unpaired) electrons. The molecule has 2 heteroatoms. The molecule has 84 valence electrons. The lowest BCUT2D eigenvalue weighted by molar-refractivity contribution is -0.00000310. The molecule has 0 aliphatic heterocycles. The average Bonchev–Trinajstić information content (AvgIpc) is 2.31. The van der Waals surface area contributed by atoms with E-state index in [9.17, 15) is 0 Å². The molecule has 2 aromatic rings. The van der Waals surface area contributed by atoms with Crippen LogP contribution in [-0.4, -0.2) is 6.26 Å². The van der Waals surface area contributed by atoms with Gasteiger partial charge in [-0.2, -0.15) is 0 Å². The van der Waals surface area contributed by atoms with Gasteiger partial charge in [-0.25, -0.2) is 0 Å². The zero-order valence-electron chi connectivity index (χ0n) is 9.27. The van der Waals surface area contributed by atoms with E-state index >= 15 is 0 Å². The van der Waals surface area contributed by atoms with Gasteiger partial charge in [0.25, 0.3) is 0 Å². The third-order valence-electron chi connectivity index (χ3n) is 2.37. The Morgan fingerprint density at radius 3 is 1.88 bits per heavy atom. The SMILES string of the molecule is C[S+](Cc1ccccc1)c1ccccc1.[Br-]. The summed E-state index contributed by atoms with van der Waals surface area (Å²) >= 11 is 0. The molecule has 16 heavy (non-hydrogen) atoms. The summed E-state index contributed by atoms with van der Waals surface area (Å²) in [5.74, 6) is 1.14. The van der Waals surface area contributed by atoms with E-state index in [1.54, 1.807) is 0 Å². The van der Waals surface area contributed by atoms with E-state index in [0.717, 1.165) is 5.75 Å². The standard InChI is InChI=1S/C14H15S.BrH/c1-15(14-10-6-3-7-11-14)12-13-8-4-2-5-9-13;/h2-11H,12H2,1H3;1H/q+1;/p-1. The quantitative estimate of drug-likeness (QED) is 0.723. The molecule has 0 aliphatic carbocycles. The van der Waals surface area contributed by atoms with Gasteiger partial charge >= 0.3 is 0 Å². The topological polar surface area (TPSA) is 0 Å². The van der Waals surface area contributed by atoms with Gasteiger partial charge in [0, 0.05) is 16.5 Å². The molecule has 0 fully saturated rings. The minimum absolute atomic E-state index is 0. The maximum absolute atomic E-state index is 2.31. The van der Waals surface area contributed by atoms with Crippen molar-refractivity contribution in [2.75, 3.05) is 6.26 Å². The molecule has 0 heterocycles. The van der Waals surface area contributed by atoms with Crippen LogP contribution < -0.4 is 17.0 Å². The Morgan fingerprint density at radius 1 is 0.812 bits per heavy atom. The number of hydrogen-bond acceptors (Lipinski definition) is 0. The van der Waals surface area contributed by atoms with E-state index in [4.69, 9.17) is 0 Å². The molecular formula is C14H15BrS. The Labute approximate surface area is 111 Å². The van der Waals surface area contributed by atoms with Crippen molar-refractivity contribution in [1.82, 2.24) is 0 Å². The Hall–Kier alpha value is -0.730. The second-order valence-corrected chi connectivity index (χ2v) is 5.61. The molecule has 0 spiro atoms. The van der Waals surface area contributed by atoms with Crippen LogP contribution in [-0.2, 0) is 16.6 Å². The maximum atomic E-state index is 2.31. The summed E-state index contributed by atoms with van der Waals surface area (Å²) in [7, 11) is 0.316. The van der Waals surface area contributed by atoms with Gasteiger partial charge in [-0.1, -0.05) is 48.5 Å². The van der Waals surface area contributed by atoms with Crippen molar-refractivity contribution in [1.29, 1.82) is 0 Å². The fourth-order valence-corrected chi connectivity index (χ4v) is 3.04. The minimum Gasteiger partial charge on any atom is -1.00 e. The van der Waals surface area contributed by atoms with Crippen molar-refractivity contribution in [3.05, 3.63) is 66.2 Å². The first-order chi connectivity index (χ1) is 7.36. The predicted octanol–water partition coefficient (Wildman–Crippen LogP) is 0.498. The van der Waals surface area contributed by atoms with Crippen molar-refractivity contribution in [2.45, 2.75) is 10.6 Å². The Kier molecular flexibility index (Phi) is 5.64. The lowest BCUT2D eigenvalue weighted by Gasteiger charge is -2.02. The molecule has 0 nitrogen and oxygen atoms in total. The Bertz CT molecular complexity index is 400. The lowest BCUT2D eigenvalue weighted by Crippen LogP contribution is -3.00. The molecule has 0 saturated carbocycles. The summed E-state index contributed by atoms with van der Waals surface area (Å²) in [5, 5.41) is 0. The maximum Gasteiger partial charge on any atom is 0.154 e. The van der Waals surface area contributed by atoms with Gasteiger partial charge in [0.2, 0.25) is 0 Å². The summed E-state index contributed by atoms with van der Waals surface area (Å²) in [6.45, 7) is 0. The molecule has 0 N–H and O–H groups in total. The zero-order chi connectivity index (χ0) is 10.5. The highest BCUT2D eigenvalue weighted by molar-refractivity contribution is 7.95. The molecule has 0 aromatic heterocycles. The van der Waals surface area contributed by atoms with Crippen LogP contribution in [0.4, 0.5) is 0 Å². The van der Waals surface area contributed by atoms with Crippen LogP contribution in [0.25, 0.3) is 0 Å². The molecule has 2 rings (SSSR count). The monoisotopic (exact) mass is 294 g/mol. The second kappa shape index (κ2) is 6.77. The highest BCUT2D eigenvalue weighted by Gasteiger charge is 2.14. The van der Waals surface area contributed by atoms with Crippen molar-refractivity contribution < 1.29 is 17.0 Å². The number of rotatable bonds is 3. The van der Waals surface area contributed by atoms with Crippen LogP contribution >= 0.6 is 0 Å². The smallest absolute Gasteiger partial charge is 0.154 e. The average molecular weight is 295 g/mol.